The molecular weight excluding hydrogens is 324 g/mol. The molecule has 0 bridgehead atoms. The summed E-state index contributed by atoms with van der Waals surface area (Å²) >= 11 is 0. The summed E-state index contributed by atoms with van der Waals surface area (Å²) in [5, 5.41) is 2.70. The number of likely N-dealkylation sites (tertiary alicyclic amines) is 1. The normalized spacial score (nSPS) is 23.4. The van der Waals surface area contributed by atoms with E-state index in [0.29, 0.717) is 23.7 Å². The number of carbonyl (C=O) groups excluding carboxylic acids is 2. The number of aromatic nitrogens is 1. The zero-order valence-corrected chi connectivity index (χ0v) is 12.9. The van der Waals surface area contributed by atoms with E-state index in [0.717, 1.165) is 5.69 Å². The van der Waals surface area contributed by atoms with Gasteiger partial charge in [0.05, 0.1) is 6.04 Å². The first-order valence-electron chi connectivity index (χ1n) is 7.14. The van der Waals surface area contributed by atoms with Gasteiger partial charge in [-0.1, -0.05) is 6.07 Å². The van der Waals surface area contributed by atoms with Crippen LogP contribution >= 0.6 is 0 Å². The van der Waals surface area contributed by atoms with Gasteiger partial charge in [0, 0.05) is 31.4 Å². The second kappa shape index (κ2) is 5.78. The third-order valence-corrected chi connectivity index (χ3v) is 4.98. The van der Waals surface area contributed by atoms with Gasteiger partial charge in [0.1, 0.15) is 6.04 Å². The molecule has 3 rings (SSSR count). The Morgan fingerprint density at radius 3 is 2.87 bits per heavy atom. The standard InChI is InChI=1S/C13H16N4O5S/c18-12-11-10(17(12)23(20,21)22)5-8-16(11)13(19)15-7-4-9-3-1-2-6-14-9/h1-3,6,10-11H,4-5,7-8H2,(H,15,19)(H,20,21,22). The SMILES string of the molecule is O=C(NCCc1ccccn1)N1CCC2C1C(=O)N2S(=O)(=O)O. The first-order chi connectivity index (χ1) is 10.9. The van der Waals surface area contributed by atoms with Gasteiger partial charge in [-0.05, 0) is 18.6 Å². The second-order valence-electron chi connectivity index (χ2n) is 5.41. The van der Waals surface area contributed by atoms with E-state index in [9.17, 15) is 18.0 Å². The average molecular weight is 340 g/mol. The summed E-state index contributed by atoms with van der Waals surface area (Å²) in [6.07, 6.45) is 2.54. The zero-order valence-electron chi connectivity index (χ0n) is 12.1. The Hall–Kier alpha value is -2.20. The molecule has 0 radical (unpaired) electrons. The fourth-order valence-electron chi connectivity index (χ4n) is 2.99. The molecule has 10 heteroatoms. The number of rotatable bonds is 4. The van der Waals surface area contributed by atoms with E-state index in [1.54, 1.807) is 12.3 Å². The number of fused-ring (bicyclic) bond motifs is 1. The van der Waals surface area contributed by atoms with Crippen molar-refractivity contribution < 1.29 is 22.6 Å². The van der Waals surface area contributed by atoms with Gasteiger partial charge >= 0.3 is 16.3 Å². The Morgan fingerprint density at radius 1 is 1.43 bits per heavy atom. The topological polar surface area (TPSA) is 120 Å². The van der Waals surface area contributed by atoms with Crippen LogP contribution in [-0.2, 0) is 21.5 Å². The molecule has 9 nitrogen and oxygen atoms in total. The highest BCUT2D eigenvalue weighted by molar-refractivity contribution is 7.84. The lowest BCUT2D eigenvalue weighted by molar-refractivity contribution is -0.143. The van der Waals surface area contributed by atoms with Crippen molar-refractivity contribution in [3.8, 4) is 0 Å². The molecule has 1 aromatic rings. The van der Waals surface area contributed by atoms with Crippen molar-refractivity contribution in [2.24, 2.45) is 0 Å². The Bertz CT molecular complexity index is 723. The number of hydrogen-bond acceptors (Lipinski definition) is 5. The van der Waals surface area contributed by atoms with Gasteiger partial charge in [0.2, 0.25) is 0 Å². The summed E-state index contributed by atoms with van der Waals surface area (Å²) in [6, 6.07) is 3.60. The van der Waals surface area contributed by atoms with Crippen LogP contribution in [0.1, 0.15) is 12.1 Å². The number of urea groups is 1. The molecule has 2 aliphatic heterocycles. The van der Waals surface area contributed by atoms with Gasteiger partial charge in [0.25, 0.3) is 5.91 Å². The maximum absolute atomic E-state index is 12.1. The maximum Gasteiger partial charge on any atom is 0.362 e. The largest absolute Gasteiger partial charge is 0.362 e. The maximum atomic E-state index is 12.1. The average Bonchev–Trinajstić information content (AvgIpc) is 2.85. The summed E-state index contributed by atoms with van der Waals surface area (Å²) in [7, 11) is -4.55. The molecule has 23 heavy (non-hydrogen) atoms. The first kappa shape index (κ1) is 15.7. The van der Waals surface area contributed by atoms with E-state index in [-0.39, 0.29) is 6.54 Å². The van der Waals surface area contributed by atoms with Crippen LogP contribution in [0, 0.1) is 0 Å². The lowest BCUT2D eigenvalue weighted by Crippen LogP contribution is -2.68. The van der Waals surface area contributed by atoms with Crippen molar-refractivity contribution in [2.45, 2.75) is 24.9 Å². The monoisotopic (exact) mass is 340 g/mol. The molecule has 2 N–H and O–H groups in total. The van der Waals surface area contributed by atoms with Crippen molar-refractivity contribution in [1.82, 2.24) is 19.5 Å². The summed E-state index contributed by atoms with van der Waals surface area (Å²) in [4.78, 5) is 29.4. The Kier molecular flexibility index (Phi) is 3.94. The molecule has 2 aliphatic rings. The zero-order chi connectivity index (χ0) is 16.6. The highest BCUT2D eigenvalue weighted by Crippen LogP contribution is 2.35. The summed E-state index contributed by atoms with van der Waals surface area (Å²) in [6.45, 7) is 0.627. The van der Waals surface area contributed by atoms with Crippen LogP contribution in [0.15, 0.2) is 24.4 Å². The van der Waals surface area contributed by atoms with Gasteiger partial charge in [-0.2, -0.15) is 8.42 Å². The van der Waals surface area contributed by atoms with Gasteiger partial charge in [-0.25, -0.2) is 9.10 Å². The lowest BCUT2D eigenvalue weighted by atomic mass is 10.0. The molecule has 3 heterocycles. The van der Waals surface area contributed by atoms with E-state index in [1.165, 1.54) is 4.90 Å². The van der Waals surface area contributed by atoms with Gasteiger partial charge < -0.3 is 10.2 Å². The van der Waals surface area contributed by atoms with Crippen molar-refractivity contribution in [2.75, 3.05) is 13.1 Å². The highest BCUT2D eigenvalue weighted by Gasteiger charge is 2.59. The quantitative estimate of drug-likeness (QED) is 0.559. The molecule has 124 valence electrons. The number of nitrogens with zero attached hydrogens (tertiary/aromatic N) is 3. The Morgan fingerprint density at radius 2 is 2.22 bits per heavy atom. The molecule has 0 aliphatic carbocycles. The van der Waals surface area contributed by atoms with Crippen LogP contribution < -0.4 is 5.32 Å². The van der Waals surface area contributed by atoms with Crippen LogP contribution in [0.25, 0.3) is 0 Å². The third-order valence-electron chi connectivity index (χ3n) is 4.03. The molecule has 0 saturated carbocycles. The van der Waals surface area contributed by atoms with E-state index in [4.69, 9.17) is 4.55 Å². The number of nitrogens with one attached hydrogen (secondary N) is 1. The van der Waals surface area contributed by atoms with E-state index >= 15 is 0 Å². The summed E-state index contributed by atoms with van der Waals surface area (Å²) < 4.78 is 31.7. The van der Waals surface area contributed by atoms with Crippen LogP contribution in [0.3, 0.4) is 0 Å². The van der Waals surface area contributed by atoms with E-state index in [1.807, 2.05) is 12.1 Å². The van der Waals surface area contributed by atoms with Crippen molar-refractivity contribution in [3.05, 3.63) is 30.1 Å². The summed E-state index contributed by atoms with van der Waals surface area (Å²) in [5.41, 5.74) is 0.837. The first-order valence-corrected chi connectivity index (χ1v) is 8.54. The summed E-state index contributed by atoms with van der Waals surface area (Å²) in [5.74, 6) is -0.769. The Balaban J connectivity index is 1.55. The number of hydrogen-bond donors (Lipinski definition) is 2. The molecule has 2 saturated heterocycles. The predicted molar refractivity (Wildman–Crippen MR) is 78.6 cm³/mol. The Labute approximate surface area is 133 Å². The molecule has 0 spiro atoms. The van der Waals surface area contributed by atoms with Gasteiger partial charge in [0.15, 0.2) is 0 Å². The molecule has 3 amide bonds. The van der Waals surface area contributed by atoms with Crippen molar-refractivity contribution in [1.29, 1.82) is 0 Å². The van der Waals surface area contributed by atoms with Gasteiger partial charge in [-0.3, -0.25) is 14.3 Å². The van der Waals surface area contributed by atoms with Crippen LogP contribution in [0.5, 0.6) is 0 Å². The van der Waals surface area contributed by atoms with E-state index in [2.05, 4.69) is 10.3 Å². The lowest BCUT2D eigenvalue weighted by Gasteiger charge is -2.42. The van der Waals surface area contributed by atoms with Crippen molar-refractivity contribution in [3.63, 3.8) is 0 Å². The molecule has 1 aromatic heterocycles. The second-order valence-corrected chi connectivity index (χ2v) is 6.70. The minimum absolute atomic E-state index is 0.266. The molecular formula is C13H16N4O5S. The van der Waals surface area contributed by atoms with Crippen LogP contribution in [0.4, 0.5) is 4.79 Å². The molecule has 2 fully saturated rings. The fraction of sp³-hybridized carbons (Fsp3) is 0.462. The number of β-lactam (4-membered cyclic amide) rings is 1. The number of amides is 3. The van der Waals surface area contributed by atoms with Crippen LogP contribution in [-0.4, -0.2) is 64.3 Å². The van der Waals surface area contributed by atoms with E-state index < -0.39 is 34.3 Å². The van der Waals surface area contributed by atoms with Crippen LogP contribution in [0.2, 0.25) is 0 Å². The molecule has 2 atom stereocenters. The smallest absolute Gasteiger partial charge is 0.338 e. The number of carbonyl (C=O) groups is 2. The third kappa shape index (κ3) is 2.86. The minimum atomic E-state index is -4.55. The molecule has 2 unspecified atom stereocenters. The van der Waals surface area contributed by atoms with Crippen molar-refractivity contribution >= 4 is 22.2 Å². The minimum Gasteiger partial charge on any atom is -0.338 e. The highest BCUT2D eigenvalue weighted by atomic mass is 32.2. The fourth-order valence-corrected chi connectivity index (χ4v) is 3.89. The predicted octanol–water partition coefficient (Wildman–Crippen LogP) is -0.578. The molecule has 0 aromatic carbocycles. The van der Waals surface area contributed by atoms with Gasteiger partial charge in [-0.15, -0.1) is 0 Å². The number of pyridine rings is 1.